The Morgan fingerprint density at radius 1 is 0.857 bits per heavy atom. The topological polar surface area (TPSA) is 133 Å². The molecule has 0 saturated heterocycles. The Labute approximate surface area is 300 Å². The van der Waals surface area contributed by atoms with Crippen LogP contribution in [0.1, 0.15) is 107 Å². The number of fused-ring (bicyclic) bond motifs is 1. The van der Waals surface area contributed by atoms with Gasteiger partial charge >= 0.3 is 0 Å². The van der Waals surface area contributed by atoms with Gasteiger partial charge in [-0.15, -0.1) is 0 Å². The van der Waals surface area contributed by atoms with Crippen molar-refractivity contribution in [1.29, 1.82) is 0 Å². The van der Waals surface area contributed by atoms with Crippen LogP contribution >= 0.6 is 11.6 Å². The molecule has 4 atom stereocenters. The lowest BCUT2D eigenvalue weighted by Gasteiger charge is -2.25. The molecule has 0 aliphatic heterocycles. The molecule has 0 fully saturated rings. The number of unbranched alkanes of at least 4 members (excludes halogenated alkanes) is 1. The van der Waals surface area contributed by atoms with E-state index in [2.05, 4.69) is 51.9 Å². The second-order valence-corrected chi connectivity index (χ2v) is 14.1. The average molecular weight is 703 g/mol. The van der Waals surface area contributed by atoms with Crippen molar-refractivity contribution >= 4 is 52.2 Å². The molecule has 10 nitrogen and oxygen atoms in total. The number of anilines is 1. The van der Waals surface area contributed by atoms with Gasteiger partial charge in [-0.2, -0.15) is 0 Å². The number of amides is 3. The second-order valence-electron chi connectivity index (χ2n) is 13.7. The van der Waals surface area contributed by atoms with E-state index in [9.17, 15) is 19.2 Å². The van der Waals surface area contributed by atoms with Crippen LogP contribution in [-0.2, 0) is 19.2 Å². The number of pyridine rings is 1. The third-order valence-electron chi connectivity index (χ3n) is 8.21. The van der Waals surface area contributed by atoms with Crippen LogP contribution in [0.5, 0.6) is 0 Å². The number of nitrogens with one attached hydrogen (secondary N) is 4. The molecule has 0 saturated carbocycles. The first-order chi connectivity index (χ1) is 23.2. The molecule has 0 spiro atoms. The van der Waals surface area contributed by atoms with Crippen molar-refractivity contribution in [3.63, 3.8) is 0 Å². The smallest absolute Gasteiger partial charge is 0.243 e. The molecule has 0 aliphatic rings. The number of carbonyl (C=O) groups excluding carboxylic acids is 4. The minimum Gasteiger partial charge on any atom is -0.382 e. The summed E-state index contributed by atoms with van der Waals surface area (Å²) in [6.45, 7) is 21.3. The first kappa shape index (κ1) is 43.8. The molecule has 11 heteroatoms. The Kier molecular flexibility index (Phi) is 21.4. The highest BCUT2D eigenvalue weighted by molar-refractivity contribution is 6.31. The largest absolute Gasteiger partial charge is 0.382 e. The molecule has 1 unspecified atom stereocenters. The number of aldehydes is 1. The molecular formula is C38H63ClN6O4. The first-order valence-corrected chi connectivity index (χ1v) is 18.5. The van der Waals surface area contributed by atoms with Gasteiger partial charge in [0.1, 0.15) is 18.4 Å². The molecule has 276 valence electrons. The molecule has 1 aromatic carbocycles. The molecule has 2 rings (SSSR count). The number of benzene rings is 1. The maximum Gasteiger partial charge on any atom is 0.243 e. The van der Waals surface area contributed by atoms with Crippen molar-refractivity contribution in [2.45, 2.75) is 131 Å². The summed E-state index contributed by atoms with van der Waals surface area (Å²) in [5, 5.41) is 13.6. The van der Waals surface area contributed by atoms with E-state index in [4.69, 9.17) is 11.6 Å². The van der Waals surface area contributed by atoms with E-state index < -0.39 is 18.1 Å². The maximum absolute atomic E-state index is 12.7. The van der Waals surface area contributed by atoms with E-state index in [1.807, 2.05) is 65.1 Å². The Bertz CT molecular complexity index is 1290. The molecule has 0 aliphatic carbocycles. The van der Waals surface area contributed by atoms with E-state index in [1.54, 1.807) is 0 Å². The molecule has 0 radical (unpaired) electrons. The number of carbonyl (C=O) groups is 4. The molecule has 49 heavy (non-hydrogen) atoms. The Morgan fingerprint density at radius 3 is 2.02 bits per heavy atom. The minimum atomic E-state index is -0.745. The van der Waals surface area contributed by atoms with Crippen LogP contribution in [0.2, 0.25) is 5.02 Å². The number of hydrogen-bond donors (Lipinski definition) is 4. The van der Waals surface area contributed by atoms with E-state index in [1.165, 1.54) is 19.9 Å². The summed E-state index contributed by atoms with van der Waals surface area (Å²) in [6, 6.07) is 6.36. The van der Waals surface area contributed by atoms with E-state index >= 15 is 0 Å². The number of nitrogens with zero attached hydrogens (tertiary/aromatic N) is 2. The van der Waals surface area contributed by atoms with Crippen LogP contribution in [-0.4, -0.2) is 77.7 Å². The lowest BCUT2D eigenvalue weighted by atomic mass is 9.99. The lowest BCUT2D eigenvalue weighted by Crippen LogP contribution is -2.55. The summed E-state index contributed by atoms with van der Waals surface area (Å²) in [6.07, 6.45) is 8.23. The van der Waals surface area contributed by atoms with Crippen molar-refractivity contribution < 1.29 is 19.2 Å². The Morgan fingerprint density at radius 2 is 1.47 bits per heavy atom. The quantitative estimate of drug-likeness (QED) is 0.106. The molecule has 0 bridgehead atoms. The zero-order chi connectivity index (χ0) is 36.9. The van der Waals surface area contributed by atoms with Gasteiger partial charge in [0, 0.05) is 35.3 Å². The number of hydrogen-bond acceptors (Lipinski definition) is 7. The average Bonchev–Trinajstić information content (AvgIpc) is 3.04. The third kappa shape index (κ3) is 17.8. The summed E-state index contributed by atoms with van der Waals surface area (Å²) in [4.78, 5) is 54.8. The van der Waals surface area contributed by atoms with Crippen LogP contribution in [0.4, 0.5) is 5.69 Å². The van der Waals surface area contributed by atoms with E-state index in [-0.39, 0.29) is 29.6 Å². The summed E-state index contributed by atoms with van der Waals surface area (Å²) < 4.78 is 0. The third-order valence-corrected chi connectivity index (χ3v) is 8.45. The molecule has 2 aromatic rings. The lowest BCUT2D eigenvalue weighted by molar-refractivity contribution is -0.133. The van der Waals surface area contributed by atoms with Gasteiger partial charge < -0.3 is 31.0 Å². The summed E-state index contributed by atoms with van der Waals surface area (Å²) in [5.74, 6) is -0.650. The van der Waals surface area contributed by atoms with Crippen molar-refractivity contribution in [3.8, 4) is 0 Å². The number of rotatable bonds is 21. The Balaban J connectivity index is 0.000000498. The molecule has 4 N–H and O–H groups in total. The summed E-state index contributed by atoms with van der Waals surface area (Å²) in [7, 11) is 0. The monoisotopic (exact) mass is 702 g/mol. The van der Waals surface area contributed by atoms with Gasteiger partial charge in [-0.1, -0.05) is 72.9 Å². The van der Waals surface area contributed by atoms with Crippen molar-refractivity contribution in [2.75, 3.05) is 25.0 Å². The van der Waals surface area contributed by atoms with Crippen molar-refractivity contribution in [3.05, 3.63) is 35.5 Å². The number of halogens is 1. The molecular weight excluding hydrogens is 640 g/mol. The van der Waals surface area contributed by atoms with E-state index in [0.717, 1.165) is 60.3 Å². The van der Waals surface area contributed by atoms with Gasteiger partial charge in [-0.05, 0) is 94.8 Å². The molecule has 1 aromatic heterocycles. The van der Waals surface area contributed by atoms with Crippen molar-refractivity contribution in [2.24, 2.45) is 11.8 Å². The minimum absolute atomic E-state index is 0.177. The summed E-state index contributed by atoms with van der Waals surface area (Å²) >= 11 is 6.04. The first-order valence-electron chi connectivity index (χ1n) is 18.1. The fraction of sp³-hybridized carbons (Fsp3) is 0.658. The highest BCUT2D eigenvalue weighted by Gasteiger charge is 2.28. The van der Waals surface area contributed by atoms with E-state index in [0.29, 0.717) is 25.3 Å². The highest BCUT2D eigenvalue weighted by atomic mass is 35.5. The highest BCUT2D eigenvalue weighted by Crippen LogP contribution is 2.25. The van der Waals surface area contributed by atoms with Gasteiger partial charge in [-0.25, -0.2) is 0 Å². The van der Waals surface area contributed by atoms with Crippen LogP contribution in [0, 0.1) is 11.8 Å². The van der Waals surface area contributed by atoms with Crippen LogP contribution in [0.15, 0.2) is 30.5 Å². The maximum atomic E-state index is 12.7. The summed E-state index contributed by atoms with van der Waals surface area (Å²) in [5.41, 5.74) is 2.07. The zero-order valence-corrected chi connectivity index (χ0v) is 32.2. The van der Waals surface area contributed by atoms with Crippen LogP contribution < -0.4 is 21.3 Å². The standard InChI is InChI=1S/C20H37N3O4.C18H26ClN3/c1-7-8-9-16(12-24)22-19(26)18(11-14(4)5)23-20(27)17(10-13(2)3)21-15(6)25;1-4-22(5-2)12-6-7-14(3)21-17-10-11-20-18-13-15(19)8-9-16(17)18/h12-14,16-18H,7-11H2,1-6H3,(H,21,25)(H,22,26)(H,23,27);8-11,13-14H,4-7,12H2,1-3H3,(H,20,21)/t16-,17-,18-;/m0./s1. The number of aromatic nitrogens is 1. The van der Waals surface area contributed by atoms with Gasteiger partial charge in [-0.3, -0.25) is 19.4 Å². The normalized spacial score (nSPS) is 13.7. The molecule has 1 heterocycles. The second kappa shape index (κ2) is 24.0. The van der Waals surface area contributed by atoms with Gasteiger partial charge in [0.25, 0.3) is 0 Å². The predicted molar refractivity (Wildman–Crippen MR) is 203 cm³/mol. The van der Waals surface area contributed by atoms with Gasteiger partial charge in [0.2, 0.25) is 17.7 Å². The SMILES string of the molecule is CCCC[C@@H](C=O)NC(=O)[C@H](CC(C)C)NC(=O)[C@H](CC(C)C)NC(C)=O.CCN(CC)CCCC(C)Nc1ccnc2cc(Cl)ccc12. The predicted octanol–water partition coefficient (Wildman–Crippen LogP) is 6.75. The zero-order valence-electron chi connectivity index (χ0n) is 31.4. The fourth-order valence-electron chi connectivity index (χ4n) is 5.55. The van der Waals surface area contributed by atoms with Gasteiger partial charge in [0.15, 0.2) is 0 Å². The van der Waals surface area contributed by atoms with Crippen molar-refractivity contribution in [1.82, 2.24) is 25.8 Å². The molecule has 3 amide bonds. The van der Waals surface area contributed by atoms with Crippen LogP contribution in [0.3, 0.4) is 0 Å². The van der Waals surface area contributed by atoms with Crippen LogP contribution in [0.25, 0.3) is 10.9 Å². The fourth-order valence-corrected chi connectivity index (χ4v) is 5.72. The van der Waals surface area contributed by atoms with Gasteiger partial charge in [0.05, 0.1) is 11.6 Å². The Hall–Kier alpha value is -3.24.